The molecule has 5 rings (SSSR count). The Morgan fingerprint density at radius 2 is 2.04 bits per heavy atom. The van der Waals surface area contributed by atoms with Crippen LogP contribution in [-0.4, -0.2) is 55.7 Å². The molecule has 0 aromatic carbocycles. The van der Waals surface area contributed by atoms with E-state index in [9.17, 15) is 4.79 Å². The summed E-state index contributed by atoms with van der Waals surface area (Å²) < 4.78 is 1.42. The molecule has 2 aliphatic carbocycles. The molecule has 2 bridgehead atoms. The Hall–Kier alpha value is -2.25. The summed E-state index contributed by atoms with van der Waals surface area (Å²) in [5.41, 5.74) is 0.658. The van der Waals surface area contributed by atoms with Gasteiger partial charge in [0, 0.05) is 19.6 Å². The molecular weight excluding hydrogens is 354 g/mol. The molecule has 1 aliphatic heterocycles. The van der Waals surface area contributed by atoms with Crippen LogP contribution >= 0.6 is 0 Å². The second-order valence-corrected chi connectivity index (χ2v) is 9.65. The number of likely N-dealkylation sites (tertiary alicyclic amines) is 1. The van der Waals surface area contributed by atoms with Crippen LogP contribution < -0.4 is 5.32 Å². The van der Waals surface area contributed by atoms with Crippen molar-refractivity contribution in [3.8, 4) is 0 Å². The van der Waals surface area contributed by atoms with Crippen LogP contribution in [0.25, 0.3) is 5.65 Å². The van der Waals surface area contributed by atoms with Crippen molar-refractivity contribution in [3.63, 3.8) is 0 Å². The van der Waals surface area contributed by atoms with Gasteiger partial charge in [0.25, 0.3) is 0 Å². The van der Waals surface area contributed by atoms with Gasteiger partial charge in [0.15, 0.2) is 5.65 Å². The Morgan fingerprint density at radius 1 is 1.25 bits per heavy atom. The van der Waals surface area contributed by atoms with Crippen molar-refractivity contribution in [2.24, 2.45) is 28.6 Å². The molecule has 2 saturated carbocycles. The lowest BCUT2D eigenvalue weighted by molar-refractivity contribution is -0.146. The second-order valence-electron chi connectivity index (χ2n) is 9.65. The molecule has 1 amide bonds. The first kappa shape index (κ1) is 17.8. The van der Waals surface area contributed by atoms with Crippen molar-refractivity contribution in [3.05, 3.63) is 12.1 Å². The van der Waals surface area contributed by atoms with Crippen LogP contribution in [0.15, 0.2) is 12.1 Å². The Morgan fingerprint density at radius 3 is 2.75 bits per heavy atom. The average Bonchev–Trinajstić information content (AvgIpc) is 3.41. The highest BCUT2D eigenvalue weighted by molar-refractivity contribution is 5.85. The fraction of sp³-hybridized carbons (Fsp3) is 0.750. The van der Waals surface area contributed by atoms with Crippen LogP contribution in [0.3, 0.4) is 0 Å². The van der Waals surface area contributed by atoms with Crippen molar-refractivity contribution in [2.75, 3.05) is 25.0 Å². The van der Waals surface area contributed by atoms with Gasteiger partial charge in [0.2, 0.25) is 5.91 Å². The Bertz CT molecular complexity index is 899. The van der Waals surface area contributed by atoms with Crippen LogP contribution in [0.1, 0.15) is 46.5 Å². The highest BCUT2D eigenvalue weighted by atomic mass is 16.2. The minimum absolute atomic E-state index is 0.119. The van der Waals surface area contributed by atoms with Crippen molar-refractivity contribution >= 4 is 17.4 Å². The summed E-state index contributed by atoms with van der Waals surface area (Å²) in [6, 6.07) is 3.74. The van der Waals surface area contributed by atoms with Crippen LogP contribution in [0.5, 0.6) is 0 Å². The SMILES string of the molecule is CC1CN(C(=O)C23CCC(CC2)C3(C)C)CC1CNc1ccc2nnnn2n1. The standard InChI is InChI=1S/C20H29N7O/c1-13-11-26(18(28)20-8-6-15(7-9-20)19(20,2)3)12-14(13)10-21-16-4-5-17-22-24-25-27(17)23-16/h4-5,13-15H,6-12H2,1-3H3,(H,21,23). The highest BCUT2D eigenvalue weighted by Gasteiger charge is 2.63. The van der Waals surface area contributed by atoms with Crippen molar-refractivity contribution in [2.45, 2.75) is 46.5 Å². The van der Waals surface area contributed by atoms with E-state index < -0.39 is 0 Å². The molecule has 8 heteroatoms. The quantitative estimate of drug-likeness (QED) is 0.871. The zero-order valence-corrected chi connectivity index (χ0v) is 16.9. The number of aromatic nitrogens is 5. The predicted octanol–water partition coefficient (Wildman–Crippen LogP) is 2.24. The first-order valence-corrected chi connectivity index (χ1v) is 10.5. The fourth-order valence-electron chi connectivity index (χ4n) is 6.10. The molecule has 3 aliphatic rings. The molecule has 1 N–H and O–H groups in total. The van der Waals surface area contributed by atoms with E-state index in [1.807, 2.05) is 12.1 Å². The summed E-state index contributed by atoms with van der Waals surface area (Å²) in [4.78, 5) is 15.7. The zero-order valence-electron chi connectivity index (χ0n) is 16.9. The number of fused-ring (bicyclic) bond motifs is 3. The van der Waals surface area contributed by atoms with Gasteiger partial charge in [-0.15, -0.1) is 14.8 Å². The third-order valence-electron chi connectivity index (χ3n) is 8.17. The fourth-order valence-corrected chi connectivity index (χ4v) is 6.10. The number of amides is 1. The number of tetrazole rings is 1. The summed E-state index contributed by atoms with van der Waals surface area (Å²) in [6.07, 6.45) is 4.59. The van der Waals surface area contributed by atoms with Gasteiger partial charge in [0.05, 0.1) is 5.41 Å². The first-order chi connectivity index (χ1) is 13.4. The maximum Gasteiger partial charge on any atom is 0.229 e. The number of nitrogens with zero attached hydrogens (tertiary/aromatic N) is 6. The second kappa shape index (κ2) is 6.12. The Labute approximate surface area is 165 Å². The number of anilines is 1. The minimum atomic E-state index is -0.119. The van der Waals surface area contributed by atoms with Gasteiger partial charge >= 0.3 is 0 Å². The van der Waals surface area contributed by atoms with Crippen LogP contribution in [0.4, 0.5) is 5.82 Å². The molecule has 0 spiro atoms. The van der Waals surface area contributed by atoms with Gasteiger partial charge in [0.1, 0.15) is 5.82 Å². The average molecular weight is 384 g/mol. The van der Waals surface area contributed by atoms with E-state index >= 15 is 0 Å². The van der Waals surface area contributed by atoms with Crippen molar-refractivity contribution in [1.82, 2.24) is 30.2 Å². The Kier molecular flexibility index (Phi) is 3.90. The zero-order chi connectivity index (χ0) is 19.5. The van der Waals surface area contributed by atoms with Crippen LogP contribution in [-0.2, 0) is 4.79 Å². The summed E-state index contributed by atoms with van der Waals surface area (Å²) in [5, 5.41) is 19.1. The van der Waals surface area contributed by atoms with E-state index in [1.54, 1.807) is 0 Å². The Balaban J connectivity index is 1.25. The molecule has 3 fully saturated rings. The summed E-state index contributed by atoms with van der Waals surface area (Å²) in [5.74, 6) is 2.80. The molecule has 1 saturated heterocycles. The molecule has 0 radical (unpaired) electrons. The molecule has 28 heavy (non-hydrogen) atoms. The van der Waals surface area contributed by atoms with E-state index in [4.69, 9.17) is 0 Å². The molecular formula is C20H29N7O. The monoisotopic (exact) mass is 383 g/mol. The largest absolute Gasteiger partial charge is 0.368 e. The van der Waals surface area contributed by atoms with Gasteiger partial charge < -0.3 is 10.2 Å². The molecule has 150 valence electrons. The maximum atomic E-state index is 13.6. The lowest BCUT2D eigenvalue weighted by Crippen LogP contribution is -2.47. The predicted molar refractivity (Wildman–Crippen MR) is 104 cm³/mol. The lowest BCUT2D eigenvalue weighted by atomic mass is 9.68. The number of carbonyl (C=O) groups is 1. The third kappa shape index (κ3) is 2.46. The number of carbonyl (C=O) groups excluding carboxylic acids is 1. The van der Waals surface area contributed by atoms with E-state index in [-0.39, 0.29) is 10.8 Å². The normalized spacial score (nSPS) is 33.7. The maximum absolute atomic E-state index is 13.6. The van der Waals surface area contributed by atoms with Crippen LogP contribution in [0, 0.1) is 28.6 Å². The number of nitrogens with one attached hydrogen (secondary N) is 1. The van der Waals surface area contributed by atoms with E-state index in [0.717, 1.165) is 44.2 Å². The van der Waals surface area contributed by atoms with Crippen molar-refractivity contribution in [1.29, 1.82) is 0 Å². The molecule has 3 heterocycles. The van der Waals surface area contributed by atoms with Gasteiger partial charge in [-0.25, -0.2) is 0 Å². The molecule has 2 aromatic rings. The van der Waals surface area contributed by atoms with Gasteiger partial charge in [-0.1, -0.05) is 20.8 Å². The minimum Gasteiger partial charge on any atom is -0.368 e. The summed E-state index contributed by atoms with van der Waals surface area (Å²) in [7, 11) is 0. The lowest BCUT2D eigenvalue weighted by Gasteiger charge is -2.39. The molecule has 2 aromatic heterocycles. The van der Waals surface area contributed by atoms with Crippen LogP contribution in [0.2, 0.25) is 0 Å². The topological polar surface area (TPSA) is 88.3 Å². The highest BCUT2D eigenvalue weighted by Crippen LogP contribution is 2.66. The number of rotatable bonds is 4. The third-order valence-corrected chi connectivity index (χ3v) is 8.17. The van der Waals surface area contributed by atoms with E-state index in [2.05, 4.69) is 51.6 Å². The van der Waals surface area contributed by atoms with E-state index in [1.165, 1.54) is 17.5 Å². The van der Waals surface area contributed by atoms with E-state index in [0.29, 0.717) is 23.4 Å². The van der Waals surface area contributed by atoms with Gasteiger partial charge in [-0.3, -0.25) is 4.79 Å². The summed E-state index contributed by atoms with van der Waals surface area (Å²) in [6.45, 7) is 9.41. The summed E-state index contributed by atoms with van der Waals surface area (Å²) >= 11 is 0. The molecule has 2 atom stereocenters. The number of hydrogen-bond donors (Lipinski definition) is 1. The smallest absolute Gasteiger partial charge is 0.229 e. The number of hydrogen-bond acceptors (Lipinski definition) is 6. The molecule has 8 nitrogen and oxygen atoms in total. The van der Waals surface area contributed by atoms with Gasteiger partial charge in [-0.2, -0.15) is 0 Å². The van der Waals surface area contributed by atoms with Crippen molar-refractivity contribution < 1.29 is 4.79 Å². The molecule has 2 unspecified atom stereocenters. The van der Waals surface area contributed by atoms with Gasteiger partial charge in [-0.05, 0) is 71.4 Å². The first-order valence-electron chi connectivity index (χ1n) is 10.5.